The molecule has 6 heteroatoms. The van der Waals surface area contributed by atoms with E-state index in [1.54, 1.807) is 13.8 Å². The standard InChI is InChI=1S/C21H21F2N3O/c1-13-6-4-5-7-16(13)12-24-21(27)11-18-14(2)25-26(15(18)3)20-9-8-17(22)10-19(20)23/h4-10H,11-12H2,1-3H3,(H,24,27). The molecule has 0 bridgehead atoms. The van der Waals surface area contributed by atoms with Crippen LogP contribution in [0.1, 0.15) is 28.1 Å². The molecule has 0 unspecified atom stereocenters. The van der Waals surface area contributed by atoms with Crippen molar-refractivity contribution in [3.8, 4) is 5.69 Å². The SMILES string of the molecule is Cc1ccccc1CNC(=O)Cc1c(C)nn(-c2ccc(F)cc2F)c1C. The average molecular weight is 369 g/mol. The highest BCUT2D eigenvalue weighted by Gasteiger charge is 2.18. The molecule has 1 heterocycles. The Kier molecular flexibility index (Phi) is 5.35. The fourth-order valence-corrected chi connectivity index (χ4v) is 3.04. The molecule has 140 valence electrons. The number of hydrogen-bond donors (Lipinski definition) is 1. The third-order valence-electron chi connectivity index (χ3n) is 4.65. The fraction of sp³-hybridized carbons (Fsp3) is 0.238. The molecule has 3 aromatic rings. The molecule has 3 rings (SSSR count). The lowest BCUT2D eigenvalue weighted by Gasteiger charge is -2.09. The number of nitrogens with one attached hydrogen (secondary N) is 1. The Hall–Kier alpha value is -3.02. The van der Waals surface area contributed by atoms with E-state index in [0.717, 1.165) is 22.8 Å². The normalized spacial score (nSPS) is 10.9. The Morgan fingerprint density at radius 3 is 2.56 bits per heavy atom. The molecule has 0 aliphatic heterocycles. The van der Waals surface area contributed by atoms with E-state index in [1.807, 2.05) is 31.2 Å². The average Bonchev–Trinajstić information content (AvgIpc) is 2.89. The minimum atomic E-state index is -0.698. The van der Waals surface area contributed by atoms with E-state index < -0.39 is 11.6 Å². The Morgan fingerprint density at radius 1 is 1.11 bits per heavy atom. The third kappa shape index (κ3) is 4.05. The summed E-state index contributed by atoms with van der Waals surface area (Å²) >= 11 is 0. The predicted molar refractivity (Wildman–Crippen MR) is 99.7 cm³/mol. The molecule has 0 aliphatic rings. The first-order valence-electron chi connectivity index (χ1n) is 8.68. The van der Waals surface area contributed by atoms with Gasteiger partial charge in [-0.1, -0.05) is 24.3 Å². The first kappa shape index (κ1) is 18.8. The van der Waals surface area contributed by atoms with Crippen molar-refractivity contribution in [3.63, 3.8) is 0 Å². The number of aryl methyl sites for hydroxylation is 2. The molecule has 1 aromatic heterocycles. The summed E-state index contributed by atoms with van der Waals surface area (Å²) in [7, 11) is 0. The first-order chi connectivity index (χ1) is 12.9. The van der Waals surface area contributed by atoms with Gasteiger partial charge in [0.1, 0.15) is 11.5 Å². The highest BCUT2D eigenvalue weighted by atomic mass is 19.1. The van der Waals surface area contributed by atoms with Crippen LogP contribution >= 0.6 is 0 Å². The maximum absolute atomic E-state index is 14.1. The Balaban J connectivity index is 1.76. The molecule has 0 saturated heterocycles. The summed E-state index contributed by atoms with van der Waals surface area (Å²) in [6.07, 6.45) is 0.145. The number of carbonyl (C=O) groups is 1. The number of nitrogens with zero attached hydrogens (tertiary/aromatic N) is 2. The van der Waals surface area contributed by atoms with Crippen LogP contribution in [0.5, 0.6) is 0 Å². The quantitative estimate of drug-likeness (QED) is 0.741. The molecular formula is C21H21F2N3O. The van der Waals surface area contributed by atoms with Gasteiger partial charge in [-0.05, 0) is 44.0 Å². The molecule has 1 amide bonds. The van der Waals surface area contributed by atoms with Crippen molar-refractivity contribution >= 4 is 5.91 Å². The molecule has 1 N–H and O–H groups in total. The minimum absolute atomic E-state index is 0.136. The number of aromatic nitrogens is 2. The van der Waals surface area contributed by atoms with Crippen LogP contribution in [0.25, 0.3) is 5.69 Å². The van der Waals surface area contributed by atoms with Gasteiger partial charge in [-0.3, -0.25) is 4.79 Å². The number of hydrogen-bond acceptors (Lipinski definition) is 2. The highest BCUT2D eigenvalue weighted by Crippen LogP contribution is 2.21. The number of rotatable bonds is 5. The second-order valence-corrected chi connectivity index (χ2v) is 6.54. The summed E-state index contributed by atoms with van der Waals surface area (Å²) in [6.45, 7) is 5.99. The summed E-state index contributed by atoms with van der Waals surface area (Å²) in [5, 5.41) is 7.24. The lowest BCUT2D eigenvalue weighted by molar-refractivity contribution is -0.120. The Bertz CT molecular complexity index is 995. The van der Waals surface area contributed by atoms with Crippen molar-refractivity contribution in [2.24, 2.45) is 0 Å². The summed E-state index contributed by atoms with van der Waals surface area (Å²) in [4.78, 5) is 12.4. The van der Waals surface area contributed by atoms with Crippen LogP contribution in [0.3, 0.4) is 0 Å². The molecule has 0 atom stereocenters. The van der Waals surface area contributed by atoms with Crippen molar-refractivity contribution in [1.29, 1.82) is 0 Å². The van der Waals surface area contributed by atoms with Crippen molar-refractivity contribution in [1.82, 2.24) is 15.1 Å². The number of halogens is 2. The smallest absolute Gasteiger partial charge is 0.224 e. The van der Waals surface area contributed by atoms with Gasteiger partial charge in [0.15, 0.2) is 5.82 Å². The van der Waals surface area contributed by atoms with Gasteiger partial charge in [-0.2, -0.15) is 5.10 Å². The minimum Gasteiger partial charge on any atom is -0.352 e. The van der Waals surface area contributed by atoms with Crippen LogP contribution in [-0.2, 0) is 17.8 Å². The topological polar surface area (TPSA) is 46.9 Å². The van der Waals surface area contributed by atoms with E-state index in [0.29, 0.717) is 17.9 Å². The van der Waals surface area contributed by atoms with Crippen molar-refractivity contribution in [3.05, 3.63) is 82.2 Å². The Morgan fingerprint density at radius 2 is 1.85 bits per heavy atom. The largest absolute Gasteiger partial charge is 0.352 e. The van der Waals surface area contributed by atoms with Gasteiger partial charge in [0, 0.05) is 23.9 Å². The fourth-order valence-electron chi connectivity index (χ4n) is 3.04. The van der Waals surface area contributed by atoms with Gasteiger partial charge >= 0.3 is 0 Å². The zero-order valence-electron chi connectivity index (χ0n) is 15.5. The van der Waals surface area contributed by atoms with Gasteiger partial charge in [0.05, 0.1) is 12.1 Å². The second-order valence-electron chi connectivity index (χ2n) is 6.54. The lowest BCUT2D eigenvalue weighted by Crippen LogP contribution is -2.25. The molecule has 0 aliphatic carbocycles. The van der Waals surface area contributed by atoms with Gasteiger partial charge < -0.3 is 5.32 Å². The predicted octanol–water partition coefficient (Wildman–Crippen LogP) is 3.93. The van der Waals surface area contributed by atoms with E-state index in [-0.39, 0.29) is 18.0 Å². The molecule has 0 fully saturated rings. The monoisotopic (exact) mass is 369 g/mol. The number of benzene rings is 2. The van der Waals surface area contributed by atoms with Crippen LogP contribution in [0.15, 0.2) is 42.5 Å². The summed E-state index contributed by atoms with van der Waals surface area (Å²) in [6, 6.07) is 11.2. The van der Waals surface area contributed by atoms with E-state index in [4.69, 9.17) is 0 Å². The van der Waals surface area contributed by atoms with Crippen molar-refractivity contribution in [2.75, 3.05) is 0 Å². The zero-order chi connectivity index (χ0) is 19.6. The van der Waals surface area contributed by atoms with Crippen LogP contribution in [0.2, 0.25) is 0 Å². The lowest BCUT2D eigenvalue weighted by atomic mass is 10.1. The van der Waals surface area contributed by atoms with Gasteiger partial charge in [-0.25, -0.2) is 13.5 Å². The van der Waals surface area contributed by atoms with E-state index in [9.17, 15) is 13.6 Å². The van der Waals surface area contributed by atoms with E-state index >= 15 is 0 Å². The van der Waals surface area contributed by atoms with Gasteiger partial charge in [-0.15, -0.1) is 0 Å². The molecular weight excluding hydrogens is 348 g/mol. The maximum Gasteiger partial charge on any atom is 0.224 e. The van der Waals surface area contributed by atoms with Crippen LogP contribution in [0, 0.1) is 32.4 Å². The number of amides is 1. The van der Waals surface area contributed by atoms with Gasteiger partial charge in [0.2, 0.25) is 5.91 Å². The molecule has 0 saturated carbocycles. The molecule has 2 aromatic carbocycles. The maximum atomic E-state index is 14.1. The number of carbonyl (C=O) groups excluding carboxylic acids is 1. The van der Waals surface area contributed by atoms with Crippen molar-refractivity contribution in [2.45, 2.75) is 33.7 Å². The Labute approximate surface area is 156 Å². The van der Waals surface area contributed by atoms with Crippen molar-refractivity contribution < 1.29 is 13.6 Å². The van der Waals surface area contributed by atoms with Crippen LogP contribution < -0.4 is 5.32 Å². The molecule has 4 nitrogen and oxygen atoms in total. The van der Waals surface area contributed by atoms with Gasteiger partial charge in [0.25, 0.3) is 0 Å². The van der Waals surface area contributed by atoms with E-state index in [2.05, 4.69) is 10.4 Å². The summed E-state index contributed by atoms with van der Waals surface area (Å²) < 4.78 is 28.6. The van der Waals surface area contributed by atoms with Crippen LogP contribution in [-0.4, -0.2) is 15.7 Å². The zero-order valence-corrected chi connectivity index (χ0v) is 15.5. The van der Waals surface area contributed by atoms with E-state index in [1.165, 1.54) is 16.8 Å². The first-order valence-corrected chi connectivity index (χ1v) is 8.68. The summed E-state index contributed by atoms with van der Waals surface area (Å²) in [5.41, 5.74) is 4.36. The molecule has 27 heavy (non-hydrogen) atoms. The summed E-state index contributed by atoms with van der Waals surface area (Å²) in [5.74, 6) is -1.48. The second kappa shape index (κ2) is 7.70. The molecule has 0 radical (unpaired) electrons. The molecule has 0 spiro atoms. The highest BCUT2D eigenvalue weighted by molar-refractivity contribution is 5.79. The third-order valence-corrected chi connectivity index (χ3v) is 4.65. The van der Waals surface area contributed by atoms with Crippen LogP contribution in [0.4, 0.5) is 8.78 Å².